The van der Waals surface area contributed by atoms with Gasteiger partial charge < -0.3 is 9.26 Å². The quantitative estimate of drug-likeness (QED) is 0.447. The first-order valence-electron chi connectivity index (χ1n) is 9.75. The number of rotatable bonds is 7. The van der Waals surface area contributed by atoms with Crippen molar-refractivity contribution in [2.75, 3.05) is 6.61 Å². The Morgan fingerprint density at radius 3 is 2.69 bits per heavy atom. The number of carbonyl (C=O) groups excluding carboxylic acids is 2. The average molecular weight is 394 g/mol. The second-order valence-electron chi connectivity index (χ2n) is 7.02. The molecule has 0 bridgehead atoms. The molecule has 0 radical (unpaired) electrons. The van der Waals surface area contributed by atoms with E-state index in [1.165, 1.54) is 6.33 Å². The van der Waals surface area contributed by atoms with E-state index in [0.717, 1.165) is 29.7 Å². The molecular weight excluding hydrogens is 372 g/mol. The summed E-state index contributed by atoms with van der Waals surface area (Å²) in [6, 6.07) is 3.61. The van der Waals surface area contributed by atoms with E-state index in [0.29, 0.717) is 17.7 Å². The molecule has 8 heteroatoms. The van der Waals surface area contributed by atoms with Crippen LogP contribution in [-0.2, 0) is 11.2 Å². The summed E-state index contributed by atoms with van der Waals surface area (Å²) in [7, 11) is 0. The Hall–Kier alpha value is -3.29. The number of esters is 1. The highest BCUT2D eigenvalue weighted by Gasteiger charge is 2.38. The minimum absolute atomic E-state index is 0.0428. The van der Waals surface area contributed by atoms with E-state index in [4.69, 9.17) is 9.26 Å². The number of hydrogen-bond donors (Lipinski definition) is 0. The molecule has 29 heavy (non-hydrogen) atoms. The van der Waals surface area contributed by atoms with Crippen molar-refractivity contribution in [1.82, 2.24) is 19.9 Å². The van der Waals surface area contributed by atoms with Gasteiger partial charge in [0.15, 0.2) is 11.5 Å². The maximum Gasteiger partial charge on any atom is 0.361 e. The van der Waals surface area contributed by atoms with Gasteiger partial charge in [-0.1, -0.05) is 12.1 Å². The normalized spacial score (nSPS) is 13.5. The molecule has 2 heterocycles. The van der Waals surface area contributed by atoms with Crippen molar-refractivity contribution < 1.29 is 18.8 Å². The summed E-state index contributed by atoms with van der Waals surface area (Å²) in [5.74, 6) is -0.287. The maximum atomic E-state index is 13.6. The van der Waals surface area contributed by atoms with Crippen molar-refractivity contribution >= 4 is 11.8 Å². The Kier molecular flexibility index (Phi) is 5.00. The van der Waals surface area contributed by atoms with Crippen molar-refractivity contribution in [1.29, 1.82) is 0 Å². The standard InChI is InChI=1S/C21H22N4O4/c1-4-14-12(3)16(25-11-22-10-23-25)9-8-15(14)19(26)17-18(21(27)28-5-2)24-29-20(17)13-6-7-13/h8-11,13H,4-7H2,1-3H3. The molecule has 4 rings (SSSR count). The summed E-state index contributed by atoms with van der Waals surface area (Å²) in [6.07, 6.45) is 5.57. The predicted molar refractivity (Wildman–Crippen MR) is 103 cm³/mol. The molecule has 1 fully saturated rings. The smallest absolute Gasteiger partial charge is 0.361 e. The van der Waals surface area contributed by atoms with Crippen molar-refractivity contribution in [3.63, 3.8) is 0 Å². The van der Waals surface area contributed by atoms with Gasteiger partial charge in [0.2, 0.25) is 5.69 Å². The predicted octanol–water partition coefficient (Wildman–Crippen LogP) is 3.41. The van der Waals surface area contributed by atoms with Gasteiger partial charge in [-0.3, -0.25) is 4.79 Å². The third kappa shape index (κ3) is 3.35. The van der Waals surface area contributed by atoms with Crippen LogP contribution < -0.4 is 0 Å². The molecule has 150 valence electrons. The molecule has 1 aromatic carbocycles. The van der Waals surface area contributed by atoms with Gasteiger partial charge in [0.25, 0.3) is 0 Å². The summed E-state index contributed by atoms with van der Waals surface area (Å²) >= 11 is 0. The molecule has 0 amide bonds. The molecule has 0 unspecified atom stereocenters. The Labute approximate surface area is 167 Å². The molecule has 1 saturated carbocycles. The van der Waals surface area contributed by atoms with E-state index in [2.05, 4.69) is 15.2 Å². The lowest BCUT2D eigenvalue weighted by Gasteiger charge is -2.14. The van der Waals surface area contributed by atoms with E-state index in [-0.39, 0.29) is 29.6 Å². The molecule has 0 spiro atoms. The number of nitrogens with zero attached hydrogens (tertiary/aromatic N) is 4. The average Bonchev–Trinajstić information content (AvgIpc) is 3.24. The largest absolute Gasteiger partial charge is 0.461 e. The van der Waals surface area contributed by atoms with Gasteiger partial charge in [0.05, 0.1) is 12.3 Å². The van der Waals surface area contributed by atoms with Crippen LogP contribution in [0.4, 0.5) is 0 Å². The zero-order valence-electron chi connectivity index (χ0n) is 16.6. The van der Waals surface area contributed by atoms with Crippen LogP contribution >= 0.6 is 0 Å². The minimum Gasteiger partial charge on any atom is -0.461 e. The zero-order valence-corrected chi connectivity index (χ0v) is 16.6. The fourth-order valence-electron chi connectivity index (χ4n) is 3.61. The first-order chi connectivity index (χ1) is 14.1. The maximum absolute atomic E-state index is 13.6. The first-order valence-corrected chi connectivity index (χ1v) is 9.75. The van der Waals surface area contributed by atoms with Crippen LogP contribution in [-0.4, -0.2) is 38.3 Å². The van der Waals surface area contributed by atoms with E-state index in [1.54, 1.807) is 24.0 Å². The zero-order chi connectivity index (χ0) is 20.5. The topological polar surface area (TPSA) is 100 Å². The molecule has 2 aromatic heterocycles. The van der Waals surface area contributed by atoms with Crippen molar-refractivity contribution in [2.45, 2.75) is 46.0 Å². The fraction of sp³-hybridized carbons (Fsp3) is 0.381. The SMILES string of the molecule is CCOC(=O)c1noc(C2CC2)c1C(=O)c1ccc(-n2cncn2)c(C)c1CC. The lowest BCUT2D eigenvalue weighted by Crippen LogP contribution is -2.15. The van der Waals surface area contributed by atoms with Crippen LogP contribution in [0.5, 0.6) is 0 Å². The van der Waals surface area contributed by atoms with Crippen LogP contribution in [0.1, 0.15) is 75.9 Å². The molecule has 1 aliphatic carbocycles. The second kappa shape index (κ2) is 7.62. The number of aromatic nitrogens is 4. The summed E-state index contributed by atoms with van der Waals surface area (Å²) in [4.78, 5) is 29.9. The molecule has 3 aromatic rings. The van der Waals surface area contributed by atoms with Gasteiger partial charge in [-0.25, -0.2) is 14.5 Å². The van der Waals surface area contributed by atoms with Gasteiger partial charge in [0, 0.05) is 11.5 Å². The van der Waals surface area contributed by atoms with Crippen LogP contribution in [0, 0.1) is 6.92 Å². The molecule has 0 N–H and O–H groups in total. The van der Waals surface area contributed by atoms with Crippen LogP contribution in [0.3, 0.4) is 0 Å². The van der Waals surface area contributed by atoms with Gasteiger partial charge in [-0.15, -0.1) is 0 Å². The van der Waals surface area contributed by atoms with E-state index in [1.807, 2.05) is 19.9 Å². The Morgan fingerprint density at radius 2 is 2.07 bits per heavy atom. The number of hydrogen-bond acceptors (Lipinski definition) is 7. The van der Waals surface area contributed by atoms with E-state index >= 15 is 0 Å². The summed E-state index contributed by atoms with van der Waals surface area (Å²) < 4.78 is 12.2. The number of ether oxygens (including phenoxy) is 1. The van der Waals surface area contributed by atoms with Gasteiger partial charge in [0.1, 0.15) is 18.2 Å². The summed E-state index contributed by atoms with van der Waals surface area (Å²) in [6.45, 7) is 5.85. The molecule has 8 nitrogen and oxygen atoms in total. The highest BCUT2D eigenvalue weighted by Crippen LogP contribution is 2.43. The molecule has 1 aliphatic rings. The summed E-state index contributed by atoms with van der Waals surface area (Å²) in [5, 5.41) is 8.07. The lowest BCUT2D eigenvalue weighted by atomic mass is 9.91. The Balaban J connectivity index is 1.82. The number of carbonyl (C=O) groups is 2. The number of ketones is 1. The van der Waals surface area contributed by atoms with Crippen LogP contribution in [0.25, 0.3) is 5.69 Å². The van der Waals surface area contributed by atoms with Crippen LogP contribution in [0.15, 0.2) is 29.3 Å². The highest BCUT2D eigenvalue weighted by atomic mass is 16.5. The third-order valence-electron chi connectivity index (χ3n) is 5.20. The molecule has 0 atom stereocenters. The van der Waals surface area contributed by atoms with E-state index in [9.17, 15) is 9.59 Å². The lowest BCUT2D eigenvalue weighted by molar-refractivity contribution is 0.0512. The third-order valence-corrected chi connectivity index (χ3v) is 5.20. The Morgan fingerprint density at radius 1 is 1.28 bits per heavy atom. The second-order valence-corrected chi connectivity index (χ2v) is 7.02. The monoisotopic (exact) mass is 394 g/mol. The van der Waals surface area contributed by atoms with Crippen molar-refractivity contribution in [3.05, 3.63) is 58.5 Å². The molecule has 0 saturated heterocycles. The van der Waals surface area contributed by atoms with Gasteiger partial charge >= 0.3 is 5.97 Å². The summed E-state index contributed by atoms with van der Waals surface area (Å²) in [5.41, 5.74) is 3.40. The van der Waals surface area contributed by atoms with Crippen LogP contribution in [0.2, 0.25) is 0 Å². The molecule has 0 aliphatic heterocycles. The highest BCUT2D eigenvalue weighted by molar-refractivity contribution is 6.15. The first kappa shape index (κ1) is 19.0. The molecular formula is C21H22N4O4. The fourth-order valence-corrected chi connectivity index (χ4v) is 3.61. The number of benzene rings is 1. The van der Waals surface area contributed by atoms with Gasteiger partial charge in [-0.2, -0.15) is 5.10 Å². The van der Waals surface area contributed by atoms with E-state index < -0.39 is 5.97 Å². The minimum atomic E-state index is -0.638. The van der Waals surface area contributed by atoms with Gasteiger partial charge in [-0.05, 0) is 56.4 Å². The Bertz CT molecular complexity index is 1060. The van der Waals surface area contributed by atoms with Crippen molar-refractivity contribution in [3.8, 4) is 5.69 Å². The van der Waals surface area contributed by atoms with Crippen molar-refractivity contribution in [2.24, 2.45) is 0 Å².